The topological polar surface area (TPSA) is 86.2 Å². The van der Waals surface area contributed by atoms with Gasteiger partial charge in [0.1, 0.15) is 11.4 Å². The second-order valence-electron chi connectivity index (χ2n) is 4.93. The Bertz CT molecular complexity index is 955. The van der Waals surface area contributed by atoms with E-state index in [-0.39, 0.29) is 28.3 Å². The molecule has 0 saturated heterocycles. The van der Waals surface area contributed by atoms with Crippen molar-refractivity contribution in [1.29, 1.82) is 0 Å². The Labute approximate surface area is 152 Å². The van der Waals surface area contributed by atoms with Crippen molar-refractivity contribution in [1.82, 2.24) is 15.0 Å². The lowest BCUT2D eigenvalue weighted by atomic mass is 10.2. The average molecular weight is 375 g/mol. The van der Waals surface area contributed by atoms with Gasteiger partial charge in [-0.15, -0.1) is 0 Å². The summed E-state index contributed by atoms with van der Waals surface area (Å²) in [5.74, 6) is -0.876. The number of carbonyl (C=O) groups is 1. The standard InChI is InChI=1S/C17H12ClFN4O3/c1-25-16(24)11-3-2-7-20-15(11)22-10-4-5-13(12(19)9-10)26-14-6-8-21-17(18)23-14/h2-9H,1H3,(H,20,22). The predicted molar refractivity (Wildman–Crippen MR) is 92.4 cm³/mol. The molecule has 3 rings (SSSR count). The number of rotatable bonds is 5. The first-order valence-electron chi connectivity index (χ1n) is 7.33. The Balaban J connectivity index is 1.81. The highest BCUT2D eigenvalue weighted by atomic mass is 35.5. The minimum absolute atomic E-state index is 0.00770. The predicted octanol–water partition coefficient (Wildman–Crippen LogP) is 3.99. The highest BCUT2D eigenvalue weighted by Crippen LogP contribution is 2.27. The van der Waals surface area contributed by atoms with Crippen molar-refractivity contribution in [2.45, 2.75) is 0 Å². The van der Waals surface area contributed by atoms with Crippen molar-refractivity contribution in [3.05, 3.63) is 65.5 Å². The number of esters is 1. The first kappa shape index (κ1) is 17.6. The van der Waals surface area contributed by atoms with Gasteiger partial charge >= 0.3 is 5.97 Å². The van der Waals surface area contributed by atoms with E-state index in [4.69, 9.17) is 21.1 Å². The quantitative estimate of drug-likeness (QED) is 0.533. The lowest BCUT2D eigenvalue weighted by Gasteiger charge is -2.11. The van der Waals surface area contributed by atoms with E-state index in [1.807, 2.05) is 0 Å². The molecule has 132 valence electrons. The van der Waals surface area contributed by atoms with E-state index in [0.29, 0.717) is 5.69 Å². The molecule has 0 atom stereocenters. The maximum absolute atomic E-state index is 14.3. The SMILES string of the molecule is COC(=O)c1cccnc1Nc1ccc(Oc2ccnc(Cl)n2)c(F)c1. The summed E-state index contributed by atoms with van der Waals surface area (Å²) in [5, 5.41) is 2.87. The van der Waals surface area contributed by atoms with Gasteiger partial charge in [-0.1, -0.05) is 0 Å². The number of methoxy groups -OCH3 is 1. The molecule has 0 fully saturated rings. The molecule has 1 aromatic carbocycles. The molecule has 2 aromatic heterocycles. The number of halogens is 2. The molecule has 0 radical (unpaired) electrons. The van der Waals surface area contributed by atoms with Crippen LogP contribution in [0.25, 0.3) is 0 Å². The van der Waals surface area contributed by atoms with Crippen molar-refractivity contribution in [3.8, 4) is 11.6 Å². The van der Waals surface area contributed by atoms with Crippen LogP contribution < -0.4 is 10.1 Å². The average Bonchev–Trinajstić information content (AvgIpc) is 2.64. The van der Waals surface area contributed by atoms with E-state index in [0.717, 1.165) is 0 Å². The summed E-state index contributed by atoms with van der Waals surface area (Å²) in [6, 6.07) is 8.78. The fourth-order valence-electron chi connectivity index (χ4n) is 2.07. The zero-order valence-electron chi connectivity index (χ0n) is 13.4. The third-order valence-electron chi connectivity index (χ3n) is 3.22. The van der Waals surface area contributed by atoms with Crippen LogP contribution in [0.3, 0.4) is 0 Å². The molecule has 1 N–H and O–H groups in total. The summed E-state index contributed by atoms with van der Waals surface area (Å²) in [6.07, 6.45) is 2.90. The summed E-state index contributed by atoms with van der Waals surface area (Å²) in [5.41, 5.74) is 0.603. The molecule has 0 aliphatic heterocycles. The number of nitrogens with one attached hydrogen (secondary N) is 1. The van der Waals surface area contributed by atoms with Crippen LogP contribution in [-0.4, -0.2) is 28.0 Å². The number of carbonyl (C=O) groups excluding carboxylic acids is 1. The molecule has 9 heteroatoms. The van der Waals surface area contributed by atoms with Gasteiger partial charge < -0.3 is 14.8 Å². The van der Waals surface area contributed by atoms with Crippen LogP contribution in [0, 0.1) is 5.82 Å². The first-order valence-corrected chi connectivity index (χ1v) is 7.71. The van der Waals surface area contributed by atoms with Crippen molar-refractivity contribution < 1.29 is 18.7 Å². The van der Waals surface area contributed by atoms with Crippen LogP contribution >= 0.6 is 11.6 Å². The van der Waals surface area contributed by atoms with Crippen LogP contribution in [0.15, 0.2) is 48.8 Å². The van der Waals surface area contributed by atoms with E-state index in [9.17, 15) is 9.18 Å². The normalized spacial score (nSPS) is 10.3. The van der Waals surface area contributed by atoms with Gasteiger partial charge in [0.2, 0.25) is 11.2 Å². The number of pyridine rings is 1. The monoisotopic (exact) mass is 374 g/mol. The molecule has 0 aliphatic carbocycles. The van der Waals surface area contributed by atoms with Crippen LogP contribution in [0.4, 0.5) is 15.9 Å². The smallest absolute Gasteiger partial charge is 0.341 e. The molecule has 26 heavy (non-hydrogen) atoms. The van der Waals surface area contributed by atoms with Crippen molar-refractivity contribution >= 4 is 29.1 Å². The maximum atomic E-state index is 14.3. The van der Waals surface area contributed by atoms with Gasteiger partial charge in [-0.3, -0.25) is 0 Å². The number of ether oxygens (including phenoxy) is 2. The third kappa shape index (κ3) is 4.04. The fourth-order valence-corrected chi connectivity index (χ4v) is 2.21. The summed E-state index contributed by atoms with van der Waals surface area (Å²) in [4.78, 5) is 23.4. The molecule has 7 nitrogen and oxygen atoms in total. The molecular weight excluding hydrogens is 363 g/mol. The van der Waals surface area contributed by atoms with E-state index in [1.165, 1.54) is 37.7 Å². The zero-order valence-corrected chi connectivity index (χ0v) is 14.2. The van der Waals surface area contributed by atoms with Gasteiger partial charge in [0.25, 0.3) is 0 Å². The Morgan fingerprint density at radius 2 is 2.04 bits per heavy atom. The lowest BCUT2D eigenvalue weighted by Crippen LogP contribution is -2.07. The number of nitrogens with zero attached hydrogens (tertiary/aromatic N) is 3. The zero-order chi connectivity index (χ0) is 18.5. The highest BCUT2D eigenvalue weighted by Gasteiger charge is 2.14. The van der Waals surface area contributed by atoms with Gasteiger partial charge in [-0.2, -0.15) is 4.98 Å². The molecule has 0 amide bonds. The molecule has 0 saturated carbocycles. The van der Waals surface area contributed by atoms with E-state index >= 15 is 0 Å². The van der Waals surface area contributed by atoms with Crippen LogP contribution in [-0.2, 0) is 4.74 Å². The van der Waals surface area contributed by atoms with Crippen LogP contribution in [0.2, 0.25) is 5.28 Å². The van der Waals surface area contributed by atoms with Gasteiger partial charge in [-0.05, 0) is 35.9 Å². The van der Waals surface area contributed by atoms with Gasteiger partial charge in [-0.25, -0.2) is 19.2 Å². The van der Waals surface area contributed by atoms with E-state index < -0.39 is 11.8 Å². The number of aromatic nitrogens is 3. The number of benzene rings is 1. The Kier molecular flexibility index (Phi) is 5.23. The molecule has 0 aliphatic rings. The summed E-state index contributed by atoms with van der Waals surface area (Å²) >= 11 is 5.67. The number of hydrogen-bond donors (Lipinski definition) is 1. The maximum Gasteiger partial charge on any atom is 0.341 e. The summed E-state index contributed by atoms with van der Waals surface area (Å²) in [7, 11) is 1.27. The minimum Gasteiger partial charge on any atom is -0.465 e. The Morgan fingerprint density at radius 3 is 2.77 bits per heavy atom. The van der Waals surface area contributed by atoms with Crippen molar-refractivity contribution in [2.24, 2.45) is 0 Å². The van der Waals surface area contributed by atoms with Crippen molar-refractivity contribution in [2.75, 3.05) is 12.4 Å². The molecule has 0 spiro atoms. The Morgan fingerprint density at radius 1 is 1.19 bits per heavy atom. The summed E-state index contributed by atoms with van der Waals surface area (Å²) < 4.78 is 24.4. The number of hydrogen-bond acceptors (Lipinski definition) is 7. The second-order valence-corrected chi connectivity index (χ2v) is 5.27. The van der Waals surface area contributed by atoms with Gasteiger partial charge in [0.15, 0.2) is 11.6 Å². The molecular formula is C17H12ClFN4O3. The second kappa shape index (κ2) is 7.75. The lowest BCUT2D eigenvalue weighted by molar-refractivity contribution is 0.0601. The minimum atomic E-state index is -0.639. The van der Waals surface area contributed by atoms with Crippen molar-refractivity contribution in [3.63, 3.8) is 0 Å². The first-order chi connectivity index (χ1) is 12.6. The third-order valence-corrected chi connectivity index (χ3v) is 3.40. The van der Waals surface area contributed by atoms with E-state index in [1.54, 1.807) is 18.2 Å². The van der Waals surface area contributed by atoms with Crippen LogP contribution in [0.5, 0.6) is 11.6 Å². The fraction of sp³-hybridized carbons (Fsp3) is 0.0588. The number of anilines is 2. The van der Waals surface area contributed by atoms with Gasteiger partial charge in [0.05, 0.1) is 7.11 Å². The molecule has 0 unspecified atom stereocenters. The molecule has 2 heterocycles. The van der Waals surface area contributed by atoms with Crippen LogP contribution in [0.1, 0.15) is 10.4 Å². The Hall–Kier alpha value is -3.26. The molecule has 0 bridgehead atoms. The largest absolute Gasteiger partial charge is 0.465 e. The molecule has 3 aromatic rings. The highest BCUT2D eigenvalue weighted by molar-refractivity contribution is 6.28. The van der Waals surface area contributed by atoms with E-state index in [2.05, 4.69) is 20.3 Å². The van der Waals surface area contributed by atoms with Gasteiger partial charge in [0, 0.05) is 30.2 Å². The summed E-state index contributed by atoms with van der Waals surface area (Å²) in [6.45, 7) is 0.